The van der Waals surface area contributed by atoms with Crippen LogP contribution in [-0.4, -0.2) is 20.6 Å². The Bertz CT molecular complexity index is 601. The van der Waals surface area contributed by atoms with Crippen molar-refractivity contribution in [1.29, 1.82) is 0 Å². The van der Waals surface area contributed by atoms with Crippen molar-refractivity contribution in [1.82, 2.24) is 14.9 Å². The van der Waals surface area contributed by atoms with Gasteiger partial charge in [-0.1, -0.05) is 0 Å². The van der Waals surface area contributed by atoms with E-state index in [4.69, 9.17) is 5.11 Å². The Labute approximate surface area is 121 Å². The van der Waals surface area contributed by atoms with E-state index in [2.05, 4.69) is 10.3 Å². The van der Waals surface area contributed by atoms with Crippen molar-refractivity contribution in [2.45, 2.75) is 26.6 Å². The number of aliphatic hydroxyl groups excluding tert-OH is 1. The predicted molar refractivity (Wildman–Crippen MR) is 79.0 cm³/mol. The van der Waals surface area contributed by atoms with Gasteiger partial charge in [0, 0.05) is 23.7 Å². The standard InChI is InChI=1S/C14H17N3O2S/c1-2-17-10-15-6-12(17)7-16-14(19)4-3-13-5-11(8-18)9-20-13/h3-6,9-10,18H,2,7-8H2,1H3,(H,16,19). The normalized spacial score (nSPS) is 11.1. The molecule has 5 nitrogen and oxygen atoms in total. The molecule has 0 unspecified atom stereocenters. The summed E-state index contributed by atoms with van der Waals surface area (Å²) in [4.78, 5) is 16.7. The number of aryl methyl sites for hydroxylation is 1. The zero-order valence-corrected chi connectivity index (χ0v) is 12.1. The second-order valence-corrected chi connectivity index (χ2v) is 5.18. The number of carbonyl (C=O) groups excluding carboxylic acids is 1. The van der Waals surface area contributed by atoms with E-state index >= 15 is 0 Å². The molecule has 2 aromatic rings. The fourth-order valence-corrected chi connectivity index (χ4v) is 2.54. The average Bonchev–Trinajstić information content (AvgIpc) is 3.11. The Balaban J connectivity index is 1.86. The van der Waals surface area contributed by atoms with Crippen molar-refractivity contribution in [3.63, 3.8) is 0 Å². The number of thiophene rings is 1. The van der Waals surface area contributed by atoms with Gasteiger partial charge in [0.15, 0.2) is 0 Å². The topological polar surface area (TPSA) is 67.2 Å². The number of nitrogens with zero attached hydrogens (tertiary/aromatic N) is 2. The molecule has 0 aromatic carbocycles. The molecule has 106 valence electrons. The van der Waals surface area contributed by atoms with Gasteiger partial charge in [-0.25, -0.2) is 4.98 Å². The van der Waals surface area contributed by atoms with E-state index in [0.717, 1.165) is 22.7 Å². The van der Waals surface area contributed by atoms with Crippen LogP contribution in [0.5, 0.6) is 0 Å². The first-order valence-corrected chi connectivity index (χ1v) is 7.24. The monoisotopic (exact) mass is 291 g/mol. The Hall–Kier alpha value is -1.92. The van der Waals surface area contributed by atoms with Gasteiger partial charge in [0.25, 0.3) is 0 Å². The molecule has 0 bridgehead atoms. The van der Waals surface area contributed by atoms with Crippen LogP contribution in [0, 0.1) is 0 Å². The molecule has 1 amide bonds. The fraction of sp³-hybridized carbons (Fsp3) is 0.286. The minimum Gasteiger partial charge on any atom is -0.392 e. The number of hydrogen-bond donors (Lipinski definition) is 2. The lowest BCUT2D eigenvalue weighted by Gasteiger charge is -2.05. The van der Waals surface area contributed by atoms with Gasteiger partial charge in [0.1, 0.15) is 0 Å². The van der Waals surface area contributed by atoms with Crippen LogP contribution >= 0.6 is 11.3 Å². The SMILES string of the molecule is CCn1cncc1CNC(=O)C=Cc1cc(CO)cs1. The van der Waals surface area contributed by atoms with Gasteiger partial charge in [0.2, 0.25) is 5.91 Å². The summed E-state index contributed by atoms with van der Waals surface area (Å²) in [6, 6.07) is 1.86. The molecule has 0 aliphatic rings. The molecule has 0 radical (unpaired) electrons. The summed E-state index contributed by atoms with van der Waals surface area (Å²) in [5.74, 6) is -0.146. The fourth-order valence-electron chi connectivity index (χ4n) is 1.74. The van der Waals surface area contributed by atoms with E-state index in [1.807, 2.05) is 22.9 Å². The molecule has 2 aromatic heterocycles. The number of carbonyl (C=O) groups is 1. The largest absolute Gasteiger partial charge is 0.392 e. The van der Waals surface area contributed by atoms with E-state index < -0.39 is 0 Å². The third-order valence-electron chi connectivity index (χ3n) is 2.84. The number of nitrogens with one attached hydrogen (secondary N) is 1. The van der Waals surface area contributed by atoms with Crippen molar-refractivity contribution >= 4 is 23.3 Å². The van der Waals surface area contributed by atoms with Crippen LogP contribution < -0.4 is 5.32 Å². The van der Waals surface area contributed by atoms with E-state index in [1.54, 1.807) is 18.6 Å². The van der Waals surface area contributed by atoms with Gasteiger partial charge < -0.3 is 15.0 Å². The van der Waals surface area contributed by atoms with E-state index in [-0.39, 0.29) is 12.5 Å². The minimum atomic E-state index is -0.146. The molecule has 20 heavy (non-hydrogen) atoms. The number of imidazole rings is 1. The maximum absolute atomic E-state index is 11.7. The van der Waals surface area contributed by atoms with Crippen molar-refractivity contribution in [3.8, 4) is 0 Å². The zero-order valence-electron chi connectivity index (χ0n) is 11.2. The van der Waals surface area contributed by atoms with Crippen LogP contribution in [0.3, 0.4) is 0 Å². The van der Waals surface area contributed by atoms with Crippen LogP contribution in [0.4, 0.5) is 0 Å². The molecule has 6 heteroatoms. The van der Waals surface area contributed by atoms with E-state index in [0.29, 0.717) is 6.54 Å². The summed E-state index contributed by atoms with van der Waals surface area (Å²) in [7, 11) is 0. The van der Waals surface area contributed by atoms with Gasteiger partial charge >= 0.3 is 0 Å². The summed E-state index contributed by atoms with van der Waals surface area (Å²) in [5, 5.41) is 13.7. The first-order valence-electron chi connectivity index (χ1n) is 6.36. The van der Waals surface area contributed by atoms with Crippen molar-refractivity contribution in [3.05, 3.63) is 46.2 Å². The highest BCUT2D eigenvalue weighted by molar-refractivity contribution is 7.11. The minimum absolute atomic E-state index is 0.0253. The number of hydrogen-bond acceptors (Lipinski definition) is 4. The van der Waals surface area contributed by atoms with Crippen LogP contribution in [0.2, 0.25) is 0 Å². The summed E-state index contributed by atoms with van der Waals surface area (Å²) < 4.78 is 1.98. The van der Waals surface area contributed by atoms with Gasteiger partial charge in [-0.3, -0.25) is 4.79 Å². The number of aromatic nitrogens is 2. The molecular formula is C14H17N3O2S. The number of amides is 1. The van der Waals surface area contributed by atoms with E-state index in [1.165, 1.54) is 17.4 Å². The Morgan fingerprint density at radius 1 is 1.60 bits per heavy atom. The molecule has 2 N–H and O–H groups in total. The van der Waals surface area contributed by atoms with Crippen LogP contribution in [0.1, 0.15) is 23.1 Å². The summed E-state index contributed by atoms with van der Waals surface area (Å²) in [6.07, 6.45) is 6.75. The Morgan fingerprint density at radius 3 is 3.15 bits per heavy atom. The summed E-state index contributed by atoms with van der Waals surface area (Å²) in [6.45, 7) is 3.35. The van der Waals surface area contributed by atoms with Crippen molar-refractivity contribution in [2.24, 2.45) is 0 Å². The first kappa shape index (κ1) is 14.5. The molecule has 2 heterocycles. The molecule has 0 saturated heterocycles. The summed E-state index contributed by atoms with van der Waals surface area (Å²) >= 11 is 1.50. The first-order chi connectivity index (χ1) is 9.72. The molecule has 0 spiro atoms. The van der Waals surface area contributed by atoms with Gasteiger partial charge in [-0.05, 0) is 30.0 Å². The second kappa shape index (κ2) is 7.02. The zero-order chi connectivity index (χ0) is 14.4. The third kappa shape index (κ3) is 3.79. The van der Waals surface area contributed by atoms with Crippen molar-refractivity contribution in [2.75, 3.05) is 0 Å². The van der Waals surface area contributed by atoms with Gasteiger partial charge in [-0.2, -0.15) is 0 Å². The highest BCUT2D eigenvalue weighted by atomic mass is 32.1. The smallest absolute Gasteiger partial charge is 0.244 e. The molecule has 0 atom stereocenters. The number of aliphatic hydroxyl groups is 1. The molecule has 2 rings (SSSR count). The second-order valence-electron chi connectivity index (χ2n) is 4.24. The van der Waals surface area contributed by atoms with Crippen molar-refractivity contribution < 1.29 is 9.90 Å². The lowest BCUT2D eigenvalue weighted by molar-refractivity contribution is -0.116. The molecule has 0 aliphatic carbocycles. The molecule has 0 aliphatic heterocycles. The van der Waals surface area contributed by atoms with Crippen LogP contribution in [0.25, 0.3) is 6.08 Å². The third-order valence-corrected chi connectivity index (χ3v) is 3.79. The van der Waals surface area contributed by atoms with Gasteiger partial charge in [0.05, 0.1) is 25.2 Å². The Morgan fingerprint density at radius 2 is 2.45 bits per heavy atom. The molecular weight excluding hydrogens is 274 g/mol. The molecule has 0 saturated carbocycles. The summed E-state index contributed by atoms with van der Waals surface area (Å²) in [5.41, 5.74) is 1.84. The number of rotatable bonds is 6. The highest BCUT2D eigenvalue weighted by Crippen LogP contribution is 2.15. The maximum atomic E-state index is 11.7. The average molecular weight is 291 g/mol. The lowest BCUT2D eigenvalue weighted by atomic mass is 10.3. The Kier molecular flexibility index (Phi) is 5.09. The predicted octanol–water partition coefficient (Wildman–Crippen LogP) is 1.79. The molecule has 0 fully saturated rings. The van der Waals surface area contributed by atoms with E-state index in [9.17, 15) is 4.79 Å². The van der Waals surface area contributed by atoms with Crippen LogP contribution in [-0.2, 0) is 24.5 Å². The van der Waals surface area contributed by atoms with Crippen LogP contribution in [0.15, 0.2) is 30.0 Å². The lowest BCUT2D eigenvalue weighted by Crippen LogP contribution is -2.21. The maximum Gasteiger partial charge on any atom is 0.244 e. The quantitative estimate of drug-likeness (QED) is 0.797. The highest BCUT2D eigenvalue weighted by Gasteiger charge is 2.02. The van der Waals surface area contributed by atoms with Gasteiger partial charge in [-0.15, -0.1) is 11.3 Å².